The van der Waals surface area contributed by atoms with Crippen LogP contribution in [0.1, 0.15) is 75.8 Å². The van der Waals surface area contributed by atoms with Gasteiger partial charge in [0.1, 0.15) is 17.7 Å². The maximum atomic E-state index is 15.2. The first-order chi connectivity index (χ1) is 18.6. The molecule has 210 valence electrons. The van der Waals surface area contributed by atoms with Gasteiger partial charge < -0.3 is 14.8 Å². The summed E-state index contributed by atoms with van der Waals surface area (Å²) in [5, 5.41) is 3.27. The number of benzene rings is 2. The molecule has 5 rings (SSSR count). The largest absolute Gasteiger partial charge is 0.490 e. The first-order valence-electron chi connectivity index (χ1n) is 14.3. The number of hydrogen-bond donors (Lipinski definition) is 1. The van der Waals surface area contributed by atoms with Gasteiger partial charge in [0.15, 0.2) is 0 Å². The van der Waals surface area contributed by atoms with Crippen LogP contribution in [0.5, 0.6) is 5.75 Å². The molecule has 1 amide bonds. The average molecular weight is 537 g/mol. The molecule has 6 nitrogen and oxygen atoms in total. The number of amides is 1. The van der Waals surface area contributed by atoms with Crippen molar-refractivity contribution >= 4 is 11.9 Å². The monoisotopic (exact) mass is 536 g/mol. The smallest absolute Gasteiger partial charge is 0.310 e. The summed E-state index contributed by atoms with van der Waals surface area (Å²) in [5.41, 5.74) is 3.18. The van der Waals surface area contributed by atoms with Gasteiger partial charge in [-0.25, -0.2) is 4.39 Å². The maximum absolute atomic E-state index is 15.2. The van der Waals surface area contributed by atoms with E-state index in [2.05, 4.69) is 24.1 Å². The second kappa shape index (κ2) is 11.3. The summed E-state index contributed by atoms with van der Waals surface area (Å²) in [4.78, 5) is 27.5. The van der Waals surface area contributed by atoms with Gasteiger partial charge in [0, 0.05) is 24.6 Å². The quantitative estimate of drug-likeness (QED) is 0.444. The van der Waals surface area contributed by atoms with Crippen molar-refractivity contribution in [3.05, 3.63) is 53.3 Å². The molecule has 1 N–H and O–H groups in total. The van der Waals surface area contributed by atoms with Gasteiger partial charge in [0.25, 0.3) is 0 Å². The molecule has 39 heavy (non-hydrogen) atoms. The van der Waals surface area contributed by atoms with E-state index in [1.807, 2.05) is 31.3 Å². The van der Waals surface area contributed by atoms with Gasteiger partial charge in [0.2, 0.25) is 5.91 Å². The van der Waals surface area contributed by atoms with Crippen molar-refractivity contribution in [3.8, 4) is 16.9 Å². The highest BCUT2D eigenvalue weighted by atomic mass is 19.1. The van der Waals surface area contributed by atoms with Crippen LogP contribution in [0.3, 0.4) is 0 Å². The molecule has 0 aromatic heterocycles. The highest BCUT2D eigenvalue weighted by Gasteiger charge is 2.40. The van der Waals surface area contributed by atoms with Crippen LogP contribution in [0.15, 0.2) is 36.4 Å². The second-order valence-corrected chi connectivity index (χ2v) is 12.4. The standard InChI is InChI=1S/C32H41FN2O4/c1-32(2)18-26(35(3)19-32)31(37)34-22-14-15-23(17-22)39-27-13-6-10-21(16-28(36)38-4)30(27)24-11-7-12-25(33)29(24)20-8-5-9-20/h6-7,10-13,20,22-23,26H,5,8-9,14-19H2,1-4H3,(H,34,37)/t22-,23-,26+/m1/s1. The number of likely N-dealkylation sites (tertiary alicyclic amines) is 1. The topological polar surface area (TPSA) is 67.9 Å². The van der Waals surface area contributed by atoms with E-state index in [0.717, 1.165) is 61.8 Å². The van der Waals surface area contributed by atoms with Crippen molar-refractivity contribution in [1.82, 2.24) is 10.2 Å². The Kier molecular flexibility index (Phi) is 7.99. The molecule has 1 saturated heterocycles. The predicted octanol–water partition coefficient (Wildman–Crippen LogP) is 5.62. The minimum Gasteiger partial charge on any atom is -0.490 e. The van der Waals surface area contributed by atoms with Crippen LogP contribution in [0.2, 0.25) is 0 Å². The summed E-state index contributed by atoms with van der Waals surface area (Å²) >= 11 is 0. The lowest BCUT2D eigenvalue weighted by molar-refractivity contribution is -0.139. The normalized spacial score (nSPS) is 24.8. The van der Waals surface area contributed by atoms with Gasteiger partial charge in [-0.1, -0.05) is 44.5 Å². The third-order valence-electron chi connectivity index (χ3n) is 8.79. The molecule has 0 bridgehead atoms. The van der Waals surface area contributed by atoms with Gasteiger partial charge in [-0.3, -0.25) is 14.5 Å². The highest BCUT2D eigenvalue weighted by Crippen LogP contribution is 2.46. The fraction of sp³-hybridized carbons (Fsp3) is 0.562. The molecule has 1 aliphatic heterocycles. The number of carbonyl (C=O) groups is 2. The Morgan fingerprint density at radius 2 is 1.87 bits per heavy atom. The third kappa shape index (κ3) is 5.98. The number of carbonyl (C=O) groups excluding carboxylic acids is 2. The lowest BCUT2D eigenvalue weighted by Gasteiger charge is -2.29. The minimum absolute atomic E-state index is 0.0565. The number of halogens is 1. The van der Waals surface area contributed by atoms with E-state index in [4.69, 9.17) is 9.47 Å². The third-order valence-corrected chi connectivity index (χ3v) is 8.79. The molecule has 2 aromatic rings. The molecule has 0 radical (unpaired) electrons. The van der Waals surface area contributed by atoms with Gasteiger partial charge in [-0.15, -0.1) is 0 Å². The van der Waals surface area contributed by atoms with Crippen molar-refractivity contribution in [2.75, 3.05) is 20.7 Å². The summed E-state index contributed by atoms with van der Waals surface area (Å²) in [6.07, 6.45) is 6.24. The SMILES string of the molecule is COC(=O)Cc1cccc(O[C@@H]2CC[C@@H](NC(=O)[C@@H]3CC(C)(C)CN3C)C2)c1-c1cccc(F)c1C1CCC1. The van der Waals surface area contributed by atoms with Crippen LogP contribution in [-0.2, 0) is 20.7 Å². The molecule has 7 heteroatoms. The van der Waals surface area contributed by atoms with E-state index in [-0.39, 0.29) is 53.6 Å². The Balaban J connectivity index is 1.37. The summed E-state index contributed by atoms with van der Waals surface area (Å²) in [7, 11) is 3.40. The van der Waals surface area contributed by atoms with Crippen molar-refractivity contribution < 1.29 is 23.5 Å². The van der Waals surface area contributed by atoms with Crippen LogP contribution in [0, 0.1) is 11.2 Å². The number of hydrogen-bond acceptors (Lipinski definition) is 5. The summed E-state index contributed by atoms with van der Waals surface area (Å²) in [6.45, 7) is 5.32. The molecular formula is C32H41FN2O4. The lowest BCUT2D eigenvalue weighted by atomic mass is 9.76. The van der Waals surface area contributed by atoms with Crippen molar-refractivity contribution in [3.63, 3.8) is 0 Å². The second-order valence-electron chi connectivity index (χ2n) is 12.4. The zero-order valence-electron chi connectivity index (χ0n) is 23.6. The minimum atomic E-state index is -0.348. The van der Waals surface area contributed by atoms with Crippen molar-refractivity contribution in [2.45, 2.75) is 89.3 Å². The maximum Gasteiger partial charge on any atom is 0.310 e. The summed E-state index contributed by atoms with van der Waals surface area (Å²) < 4.78 is 26.8. The molecule has 3 atom stereocenters. The highest BCUT2D eigenvalue weighted by molar-refractivity contribution is 5.83. The summed E-state index contributed by atoms with van der Waals surface area (Å²) in [5.74, 6) is 0.361. The number of nitrogens with one attached hydrogen (secondary N) is 1. The average Bonchev–Trinajstić information content (AvgIpc) is 3.41. The van der Waals surface area contributed by atoms with Crippen LogP contribution in [0.25, 0.3) is 11.1 Å². The van der Waals surface area contributed by atoms with Crippen LogP contribution >= 0.6 is 0 Å². The van der Waals surface area contributed by atoms with Gasteiger partial charge >= 0.3 is 5.97 Å². The fourth-order valence-electron chi connectivity index (χ4n) is 6.70. The van der Waals surface area contributed by atoms with E-state index in [1.165, 1.54) is 13.2 Å². The Bertz CT molecular complexity index is 1220. The number of likely N-dealkylation sites (N-methyl/N-ethyl adjacent to an activating group) is 1. The Morgan fingerprint density at radius 3 is 2.54 bits per heavy atom. The van der Waals surface area contributed by atoms with Gasteiger partial charge in [-0.2, -0.15) is 0 Å². The van der Waals surface area contributed by atoms with Crippen LogP contribution < -0.4 is 10.1 Å². The van der Waals surface area contributed by atoms with E-state index in [0.29, 0.717) is 17.7 Å². The van der Waals surface area contributed by atoms with Crippen LogP contribution in [0.4, 0.5) is 4.39 Å². The number of rotatable bonds is 8. The zero-order valence-corrected chi connectivity index (χ0v) is 23.6. The first kappa shape index (κ1) is 27.6. The molecule has 3 aliphatic rings. The zero-order chi connectivity index (χ0) is 27.7. The van der Waals surface area contributed by atoms with Crippen LogP contribution in [-0.4, -0.2) is 55.7 Å². The summed E-state index contributed by atoms with van der Waals surface area (Å²) in [6, 6.07) is 10.8. The van der Waals surface area contributed by atoms with E-state index >= 15 is 4.39 Å². The number of esters is 1. The molecule has 0 spiro atoms. The van der Waals surface area contributed by atoms with Gasteiger partial charge in [0.05, 0.1) is 19.6 Å². The molecular weight excluding hydrogens is 495 g/mol. The Labute approximate surface area is 231 Å². The molecule has 0 unspecified atom stereocenters. The lowest BCUT2D eigenvalue weighted by Crippen LogP contribution is -2.45. The van der Waals surface area contributed by atoms with Crippen molar-refractivity contribution in [2.24, 2.45) is 5.41 Å². The fourth-order valence-corrected chi connectivity index (χ4v) is 6.70. The van der Waals surface area contributed by atoms with E-state index in [9.17, 15) is 9.59 Å². The number of methoxy groups -OCH3 is 1. The Morgan fingerprint density at radius 1 is 1.10 bits per heavy atom. The van der Waals surface area contributed by atoms with Crippen molar-refractivity contribution in [1.29, 1.82) is 0 Å². The molecule has 3 fully saturated rings. The number of nitrogens with zero attached hydrogens (tertiary/aromatic N) is 1. The molecule has 2 aliphatic carbocycles. The number of ether oxygens (including phenoxy) is 2. The molecule has 2 saturated carbocycles. The first-order valence-corrected chi connectivity index (χ1v) is 14.3. The predicted molar refractivity (Wildman–Crippen MR) is 149 cm³/mol. The molecule has 1 heterocycles. The van der Waals surface area contributed by atoms with E-state index < -0.39 is 0 Å². The van der Waals surface area contributed by atoms with Gasteiger partial charge in [-0.05, 0) is 79.3 Å². The molecule has 2 aromatic carbocycles. The van der Waals surface area contributed by atoms with E-state index in [1.54, 1.807) is 6.07 Å². The Hall–Kier alpha value is -2.93.